The van der Waals surface area contributed by atoms with Crippen LogP contribution in [0.4, 0.5) is 0 Å². The van der Waals surface area contributed by atoms with Gasteiger partial charge in [-0.2, -0.15) is 0 Å². The zero-order valence-electron chi connectivity index (χ0n) is 10.7. The van der Waals surface area contributed by atoms with Gasteiger partial charge in [-0.25, -0.2) is 0 Å². The average molecular weight is 247 g/mol. The van der Waals surface area contributed by atoms with E-state index < -0.39 is 6.10 Å². The van der Waals surface area contributed by atoms with Gasteiger partial charge in [0.2, 0.25) is 0 Å². The third-order valence-corrected chi connectivity index (χ3v) is 4.05. The molecular formula is C15H21NO2. The number of para-hydroxylation sites is 1. The number of hydrogen-bond acceptors (Lipinski definition) is 3. The minimum atomic E-state index is -0.405. The number of benzene rings is 1. The Balaban J connectivity index is 1.89. The van der Waals surface area contributed by atoms with Crippen LogP contribution < -0.4 is 4.74 Å². The third-order valence-electron chi connectivity index (χ3n) is 4.05. The van der Waals surface area contributed by atoms with Crippen molar-refractivity contribution < 1.29 is 9.84 Å². The highest BCUT2D eigenvalue weighted by molar-refractivity contribution is 5.38. The monoisotopic (exact) mass is 247 g/mol. The van der Waals surface area contributed by atoms with Crippen molar-refractivity contribution in [2.45, 2.75) is 37.8 Å². The molecule has 98 valence electrons. The van der Waals surface area contributed by atoms with E-state index in [0.29, 0.717) is 6.61 Å². The predicted octanol–water partition coefficient (Wildman–Crippen LogP) is 2.36. The molecular weight excluding hydrogens is 226 g/mol. The second-order valence-corrected chi connectivity index (χ2v) is 5.31. The molecule has 2 atom stereocenters. The Morgan fingerprint density at radius 2 is 1.78 bits per heavy atom. The van der Waals surface area contributed by atoms with Gasteiger partial charge in [-0.1, -0.05) is 31.0 Å². The van der Waals surface area contributed by atoms with Crippen molar-refractivity contribution in [2.24, 2.45) is 0 Å². The van der Waals surface area contributed by atoms with Crippen LogP contribution in [0.3, 0.4) is 0 Å². The van der Waals surface area contributed by atoms with E-state index in [4.69, 9.17) is 4.74 Å². The quantitative estimate of drug-likeness (QED) is 0.827. The summed E-state index contributed by atoms with van der Waals surface area (Å²) >= 11 is 0. The summed E-state index contributed by atoms with van der Waals surface area (Å²) < 4.78 is 5.61. The van der Waals surface area contributed by atoms with Crippen LogP contribution >= 0.6 is 0 Å². The molecule has 0 spiro atoms. The van der Waals surface area contributed by atoms with E-state index in [9.17, 15) is 5.11 Å². The summed E-state index contributed by atoms with van der Waals surface area (Å²) in [5, 5.41) is 10.3. The molecule has 0 bridgehead atoms. The topological polar surface area (TPSA) is 32.7 Å². The summed E-state index contributed by atoms with van der Waals surface area (Å²) in [4.78, 5) is 2.44. The Hall–Kier alpha value is -1.06. The first-order valence-electron chi connectivity index (χ1n) is 7.00. The van der Waals surface area contributed by atoms with Crippen LogP contribution in [-0.4, -0.2) is 35.8 Å². The zero-order valence-corrected chi connectivity index (χ0v) is 10.7. The second-order valence-electron chi connectivity index (χ2n) is 5.31. The molecule has 2 aliphatic rings. The fourth-order valence-electron chi connectivity index (χ4n) is 3.14. The van der Waals surface area contributed by atoms with Gasteiger partial charge in [0.15, 0.2) is 0 Å². The number of nitrogens with zero attached hydrogens (tertiary/aromatic N) is 1. The molecule has 3 nitrogen and oxygen atoms in total. The standard InChI is InChI=1S/C15H21NO2/c17-13-11-18-14-8-4-3-7-12(14)15(13)16-9-5-1-2-6-10-16/h3-4,7-8,13,15,17H,1-2,5-6,9-11H2. The molecule has 3 rings (SSSR count). The van der Waals surface area contributed by atoms with Gasteiger partial charge in [0.25, 0.3) is 0 Å². The fourth-order valence-corrected chi connectivity index (χ4v) is 3.14. The Labute approximate surface area is 108 Å². The van der Waals surface area contributed by atoms with E-state index in [1.165, 1.54) is 25.7 Å². The highest BCUT2D eigenvalue weighted by Crippen LogP contribution is 2.36. The fraction of sp³-hybridized carbons (Fsp3) is 0.600. The lowest BCUT2D eigenvalue weighted by molar-refractivity contribution is 0.00110. The predicted molar refractivity (Wildman–Crippen MR) is 70.7 cm³/mol. The molecule has 0 radical (unpaired) electrons. The molecule has 0 aliphatic carbocycles. The smallest absolute Gasteiger partial charge is 0.124 e. The number of rotatable bonds is 1. The first-order chi connectivity index (χ1) is 8.86. The highest BCUT2D eigenvalue weighted by atomic mass is 16.5. The van der Waals surface area contributed by atoms with Crippen LogP contribution in [0.15, 0.2) is 24.3 Å². The second kappa shape index (κ2) is 5.29. The zero-order chi connectivity index (χ0) is 12.4. The number of likely N-dealkylation sites (tertiary alicyclic amines) is 1. The molecule has 1 saturated heterocycles. The minimum absolute atomic E-state index is 0.119. The van der Waals surface area contributed by atoms with Crippen molar-refractivity contribution in [2.75, 3.05) is 19.7 Å². The van der Waals surface area contributed by atoms with E-state index in [1.54, 1.807) is 0 Å². The van der Waals surface area contributed by atoms with Gasteiger partial charge >= 0.3 is 0 Å². The van der Waals surface area contributed by atoms with Gasteiger partial charge in [0, 0.05) is 5.56 Å². The van der Waals surface area contributed by atoms with Crippen molar-refractivity contribution >= 4 is 0 Å². The summed E-state index contributed by atoms with van der Waals surface area (Å²) in [7, 11) is 0. The Kier molecular flexibility index (Phi) is 3.52. The maximum absolute atomic E-state index is 10.3. The van der Waals surface area contributed by atoms with Gasteiger partial charge in [0.1, 0.15) is 18.5 Å². The summed E-state index contributed by atoms with van der Waals surface area (Å²) in [6.07, 6.45) is 4.71. The highest BCUT2D eigenvalue weighted by Gasteiger charge is 2.33. The molecule has 0 aromatic heterocycles. The van der Waals surface area contributed by atoms with E-state index in [2.05, 4.69) is 11.0 Å². The lowest BCUT2D eigenvalue weighted by Gasteiger charge is -2.38. The molecule has 1 fully saturated rings. The van der Waals surface area contributed by atoms with E-state index in [-0.39, 0.29) is 6.04 Å². The number of aliphatic hydroxyl groups is 1. The summed E-state index contributed by atoms with van der Waals surface area (Å²) in [5.74, 6) is 0.942. The van der Waals surface area contributed by atoms with Crippen LogP contribution in [0.1, 0.15) is 37.3 Å². The molecule has 1 aromatic carbocycles. The molecule has 2 unspecified atom stereocenters. The molecule has 0 amide bonds. The molecule has 18 heavy (non-hydrogen) atoms. The van der Waals surface area contributed by atoms with E-state index >= 15 is 0 Å². The number of aliphatic hydroxyl groups excluding tert-OH is 1. The van der Waals surface area contributed by atoms with Crippen LogP contribution in [0.25, 0.3) is 0 Å². The molecule has 2 aliphatic heterocycles. The molecule has 0 saturated carbocycles. The number of ether oxygens (including phenoxy) is 1. The minimum Gasteiger partial charge on any atom is -0.490 e. The van der Waals surface area contributed by atoms with Gasteiger partial charge < -0.3 is 9.84 Å². The maximum Gasteiger partial charge on any atom is 0.124 e. The van der Waals surface area contributed by atoms with Crippen molar-refractivity contribution in [1.29, 1.82) is 0 Å². The van der Waals surface area contributed by atoms with Crippen LogP contribution in [0.5, 0.6) is 5.75 Å². The molecule has 1 N–H and O–H groups in total. The van der Waals surface area contributed by atoms with Crippen molar-refractivity contribution in [3.63, 3.8) is 0 Å². The van der Waals surface area contributed by atoms with Gasteiger partial charge in [-0.15, -0.1) is 0 Å². The Morgan fingerprint density at radius 3 is 2.56 bits per heavy atom. The van der Waals surface area contributed by atoms with Crippen molar-refractivity contribution in [3.05, 3.63) is 29.8 Å². The number of hydrogen-bond donors (Lipinski definition) is 1. The van der Waals surface area contributed by atoms with Gasteiger partial charge in [-0.05, 0) is 32.0 Å². The maximum atomic E-state index is 10.3. The lowest BCUT2D eigenvalue weighted by atomic mass is 9.96. The summed E-state index contributed by atoms with van der Waals surface area (Å²) in [6.45, 7) is 2.60. The third kappa shape index (κ3) is 2.25. The normalized spacial score (nSPS) is 29.2. The molecule has 1 aromatic rings. The number of fused-ring (bicyclic) bond motifs is 1. The van der Waals surface area contributed by atoms with E-state index in [1.807, 2.05) is 18.2 Å². The summed E-state index contributed by atoms with van der Waals surface area (Å²) in [5.41, 5.74) is 1.15. The first-order valence-corrected chi connectivity index (χ1v) is 7.00. The Bertz CT molecular complexity index is 399. The van der Waals surface area contributed by atoms with Crippen molar-refractivity contribution in [1.82, 2.24) is 4.90 Å². The van der Waals surface area contributed by atoms with Crippen LogP contribution in [0, 0.1) is 0 Å². The summed E-state index contributed by atoms with van der Waals surface area (Å²) in [6, 6.07) is 8.24. The largest absolute Gasteiger partial charge is 0.490 e. The van der Waals surface area contributed by atoms with Crippen molar-refractivity contribution in [3.8, 4) is 5.75 Å². The Morgan fingerprint density at radius 1 is 1.06 bits per heavy atom. The van der Waals surface area contributed by atoms with E-state index in [0.717, 1.165) is 24.4 Å². The van der Waals surface area contributed by atoms with Gasteiger partial charge in [0.05, 0.1) is 6.04 Å². The van der Waals surface area contributed by atoms with Gasteiger partial charge in [-0.3, -0.25) is 4.90 Å². The average Bonchev–Trinajstić information content (AvgIpc) is 2.67. The SMILES string of the molecule is OC1COc2ccccc2C1N1CCCCCC1. The molecule has 2 heterocycles. The lowest BCUT2D eigenvalue weighted by Crippen LogP contribution is -2.42. The van der Waals surface area contributed by atoms with Crippen LogP contribution in [0.2, 0.25) is 0 Å². The molecule has 3 heteroatoms. The first kappa shape index (κ1) is 12.0. The van der Waals surface area contributed by atoms with Crippen LogP contribution in [-0.2, 0) is 0 Å².